The van der Waals surface area contributed by atoms with Gasteiger partial charge in [-0.25, -0.2) is 0 Å². The van der Waals surface area contributed by atoms with Crippen molar-refractivity contribution in [3.63, 3.8) is 0 Å². The molecule has 328 valence electrons. The Hall–Kier alpha value is -5.39. The highest BCUT2D eigenvalue weighted by Crippen LogP contribution is 2.27. The minimum absolute atomic E-state index is 0.0267. The smallest absolute Gasteiger partial charge is 0.305 e. The third-order valence-corrected chi connectivity index (χ3v) is 12.1. The number of aliphatic imine (C=N–C) groups is 1. The summed E-state index contributed by atoms with van der Waals surface area (Å²) in [5.74, 6) is -6.14. The number of carbonyl (C=O) groups is 8. The molecule has 0 aliphatic carbocycles. The first-order valence-electron chi connectivity index (χ1n) is 19.3. The molecule has 21 nitrogen and oxygen atoms in total. The molecule has 6 unspecified atom stereocenters. The van der Waals surface area contributed by atoms with E-state index in [1.54, 1.807) is 6.20 Å². The van der Waals surface area contributed by atoms with Gasteiger partial charge in [0.2, 0.25) is 35.4 Å². The number of unbranched alkanes of at least 4 members (excludes halogenated alkanes) is 1. The fourth-order valence-corrected chi connectivity index (χ4v) is 8.74. The molecule has 0 spiro atoms. The van der Waals surface area contributed by atoms with E-state index < -0.39 is 96.5 Å². The summed E-state index contributed by atoms with van der Waals surface area (Å²) in [4.78, 5) is 114. The molecule has 23 heteroatoms. The molecular weight excluding hydrogens is 823 g/mol. The molecule has 2 aliphatic heterocycles. The zero-order chi connectivity index (χ0) is 43.8. The van der Waals surface area contributed by atoms with E-state index in [4.69, 9.17) is 21.9 Å². The number of benzene rings is 1. The van der Waals surface area contributed by atoms with E-state index in [1.165, 1.54) is 33.4 Å². The zero-order valence-corrected chi connectivity index (χ0v) is 34.7. The quantitative estimate of drug-likeness (QED) is 0.0476. The van der Waals surface area contributed by atoms with Crippen molar-refractivity contribution in [3.8, 4) is 0 Å². The van der Waals surface area contributed by atoms with Crippen LogP contribution in [-0.2, 0) is 49.7 Å². The van der Waals surface area contributed by atoms with Gasteiger partial charge < -0.3 is 63.5 Å². The number of carboxylic acid groups (broad SMARTS) is 1. The Morgan fingerprint density at radius 1 is 0.950 bits per heavy atom. The number of Topliss-reactive ketones (excluding diaryl/α,β-unsaturated/α-hetero) is 1. The van der Waals surface area contributed by atoms with Crippen LogP contribution in [0.3, 0.4) is 0 Å². The maximum Gasteiger partial charge on any atom is 0.305 e. The molecule has 1 aromatic carbocycles. The number of aromatic nitrogens is 1. The van der Waals surface area contributed by atoms with Crippen molar-refractivity contribution in [3.05, 3.63) is 36.0 Å². The van der Waals surface area contributed by atoms with Gasteiger partial charge in [0.25, 0.3) is 0 Å². The van der Waals surface area contributed by atoms with Gasteiger partial charge in [0.1, 0.15) is 24.2 Å². The summed E-state index contributed by atoms with van der Waals surface area (Å²) in [5, 5.41) is 23.0. The van der Waals surface area contributed by atoms with Crippen molar-refractivity contribution < 1.29 is 48.2 Å². The van der Waals surface area contributed by atoms with Crippen LogP contribution in [0.4, 0.5) is 0 Å². The molecule has 0 radical (unpaired) electrons. The number of nitrogens with two attached hydrogens (primary N) is 3. The summed E-state index contributed by atoms with van der Waals surface area (Å²) in [5.41, 5.74) is 18.2. The lowest BCUT2D eigenvalue weighted by molar-refractivity contribution is -0.143. The first-order chi connectivity index (χ1) is 28.7. The molecule has 2 saturated heterocycles. The minimum atomic E-state index is -1.67. The molecular formula is C37H53N11O10S2. The molecule has 2 aromatic rings. The van der Waals surface area contributed by atoms with Crippen LogP contribution in [0.5, 0.6) is 0 Å². The second-order valence-corrected chi connectivity index (χ2v) is 16.8. The number of nitrogens with zero attached hydrogens (tertiary/aromatic N) is 2. The van der Waals surface area contributed by atoms with Gasteiger partial charge in [0, 0.05) is 60.1 Å². The molecule has 4 rings (SSSR count). The number of aromatic amines is 1. The molecule has 3 heterocycles. The number of nitrogens with one attached hydrogen (secondary N) is 6. The van der Waals surface area contributed by atoms with Gasteiger partial charge in [-0.15, -0.1) is 0 Å². The third-order valence-electron chi connectivity index (χ3n) is 9.66. The summed E-state index contributed by atoms with van der Waals surface area (Å²) in [6, 6.07) is 1.37. The van der Waals surface area contributed by atoms with E-state index >= 15 is 0 Å². The topological polar surface area (TPSA) is 336 Å². The number of H-pyrrole nitrogens is 1. The first kappa shape index (κ1) is 47.3. The highest BCUT2D eigenvalue weighted by atomic mass is 33.1. The second kappa shape index (κ2) is 23.4. The van der Waals surface area contributed by atoms with Crippen LogP contribution in [0.25, 0.3) is 10.9 Å². The average Bonchev–Trinajstić information content (AvgIpc) is 3.84. The number of ketones is 1. The lowest BCUT2D eigenvalue weighted by Gasteiger charge is -2.29. The van der Waals surface area contributed by atoms with E-state index in [0.717, 1.165) is 16.5 Å². The van der Waals surface area contributed by atoms with Gasteiger partial charge >= 0.3 is 5.97 Å². The Morgan fingerprint density at radius 2 is 1.70 bits per heavy atom. The lowest BCUT2D eigenvalue weighted by atomic mass is 10.1. The van der Waals surface area contributed by atoms with Crippen molar-refractivity contribution in [2.45, 2.75) is 88.4 Å². The van der Waals surface area contributed by atoms with Gasteiger partial charge in [-0.05, 0) is 32.3 Å². The van der Waals surface area contributed by atoms with Gasteiger partial charge in [-0.2, -0.15) is 0 Å². The van der Waals surface area contributed by atoms with Gasteiger partial charge in [0.05, 0.1) is 38.3 Å². The lowest BCUT2D eigenvalue weighted by Crippen LogP contribution is -2.58. The molecule has 2 fully saturated rings. The summed E-state index contributed by atoms with van der Waals surface area (Å²) in [6.07, 6.45) is 1.37. The van der Waals surface area contributed by atoms with E-state index in [2.05, 4.69) is 36.6 Å². The summed E-state index contributed by atoms with van der Waals surface area (Å²) >= 11 is 0. The molecule has 0 saturated carbocycles. The number of fused-ring (bicyclic) bond motifs is 2. The fraction of sp³-hybridized carbons (Fsp3) is 0.541. The molecule has 13 N–H and O–H groups in total. The molecule has 1 aromatic heterocycles. The van der Waals surface area contributed by atoms with Crippen molar-refractivity contribution in [1.82, 2.24) is 36.5 Å². The molecule has 6 atom stereocenters. The van der Waals surface area contributed by atoms with Crippen molar-refractivity contribution >= 4 is 85.6 Å². The maximum atomic E-state index is 14.0. The number of hydrogen-bond acceptors (Lipinski definition) is 13. The van der Waals surface area contributed by atoms with Crippen LogP contribution >= 0.6 is 21.6 Å². The monoisotopic (exact) mass is 875 g/mol. The number of carboxylic acids is 1. The Labute approximate surface area is 353 Å². The highest BCUT2D eigenvalue weighted by molar-refractivity contribution is 8.76. The number of aliphatic carboxylic acids is 1. The fourth-order valence-electron chi connectivity index (χ4n) is 6.55. The van der Waals surface area contributed by atoms with E-state index in [0.29, 0.717) is 12.8 Å². The third kappa shape index (κ3) is 14.4. The number of rotatable bonds is 12. The largest absolute Gasteiger partial charge is 0.481 e. The first-order valence-corrected chi connectivity index (χ1v) is 21.8. The van der Waals surface area contributed by atoms with Crippen LogP contribution < -0.4 is 43.8 Å². The van der Waals surface area contributed by atoms with Crippen molar-refractivity contribution in [2.24, 2.45) is 22.2 Å². The van der Waals surface area contributed by atoms with Crippen LogP contribution in [0, 0.1) is 0 Å². The normalized spacial score (nSPS) is 24.3. The van der Waals surface area contributed by atoms with E-state index in [-0.39, 0.29) is 63.0 Å². The minimum Gasteiger partial charge on any atom is -0.481 e. The number of amides is 6. The molecule has 60 heavy (non-hydrogen) atoms. The van der Waals surface area contributed by atoms with Crippen LogP contribution in [-0.4, -0.2) is 142 Å². The Kier molecular flexibility index (Phi) is 18.5. The summed E-state index contributed by atoms with van der Waals surface area (Å²) in [6.45, 7) is 0.665. The van der Waals surface area contributed by atoms with Gasteiger partial charge in [-0.3, -0.25) is 43.3 Å². The number of guanidine groups is 1. The Bertz CT molecular complexity index is 1910. The Morgan fingerprint density at radius 3 is 2.43 bits per heavy atom. The number of carbonyl (C=O) groups excluding carboxylic acids is 7. The van der Waals surface area contributed by atoms with E-state index in [1.807, 2.05) is 24.3 Å². The van der Waals surface area contributed by atoms with Crippen LogP contribution in [0.2, 0.25) is 0 Å². The number of para-hydroxylation sites is 1. The highest BCUT2D eigenvalue weighted by Gasteiger charge is 2.43. The van der Waals surface area contributed by atoms with Crippen molar-refractivity contribution in [2.75, 3.05) is 37.7 Å². The molecule has 6 amide bonds. The van der Waals surface area contributed by atoms with E-state index in [9.17, 15) is 43.5 Å². The second-order valence-electron chi connectivity index (χ2n) is 14.2. The molecule has 2 aliphatic rings. The Balaban J connectivity index is 1.55. The summed E-state index contributed by atoms with van der Waals surface area (Å²) < 4.78 is 6.21. The van der Waals surface area contributed by atoms with Gasteiger partial charge in [0.15, 0.2) is 11.7 Å². The predicted molar refractivity (Wildman–Crippen MR) is 224 cm³/mol. The van der Waals surface area contributed by atoms with Crippen LogP contribution in [0.15, 0.2) is 35.5 Å². The SMILES string of the molecule is CC1NC(=O)C(CC(=O)O)NC(=O)CNC(=O)C(CCCCN=C(N)N)NC(=O)CCSSCC(C(=O)CN)NC(=O)C2CC(OCc3c[nH]c4ccccc34)CN2C1=O. The van der Waals surface area contributed by atoms with Gasteiger partial charge in [-0.1, -0.05) is 39.8 Å². The number of hydrogen-bond donors (Lipinski definition) is 10. The molecule has 0 bridgehead atoms. The van der Waals surface area contributed by atoms with Crippen molar-refractivity contribution in [1.29, 1.82) is 0 Å². The van der Waals surface area contributed by atoms with Crippen LogP contribution in [0.1, 0.15) is 51.0 Å². The zero-order valence-electron chi connectivity index (χ0n) is 33.1. The average molecular weight is 876 g/mol. The number of ether oxygens (including phenoxy) is 1. The predicted octanol–water partition coefficient (Wildman–Crippen LogP) is -2.04. The maximum absolute atomic E-state index is 14.0. The summed E-state index contributed by atoms with van der Waals surface area (Å²) in [7, 11) is 2.48. The standard InChI is InChI=1S/C37H53N11O10S2/c1-20-36(57)48-17-22(58-18-21-15-42-24-7-3-2-6-23(21)24)12-28(48)35(56)47-27(29(49)14-38)19-60-59-11-9-30(50)45-25(8-4-5-10-41-37(39)40)33(54)43-16-31(51)46-26(13-32(52)53)34(55)44-20/h2-3,6-7,15,20,22,25-28,42H,4-5,8-14,16-19,38H2,1H3,(H,43,54)(H,44,55)(H,45,50)(H,46,51)(H,47,56)(H,52,53)(H4,39,40,41).